The lowest BCUT2D eigenvalue weighted by Gasteiger charge is -2.15. The van der Waals surface area contributed by atoms with E-state index in [0.29, 0.717) is 23.0 Å². The molecular formula is C15H20FN3O2. The average Bonchev–Trinajstić information content (AvgIpc) is 2.88. The molecule has 1 aromatic heterocycles. The van der Waals surface area contributed by atoms with Crippen molar-refractivity contribution < 1.29 is 13.7 Å². The lowest BCUT2D eigenvalue weighted by atomic mass is 10.1. The van der Waals surface area contributed by atoms with Gasteiger partial charge in [-0.3, -0.25) is 0 Å². The molecule has 0 fully saturated rings. The van der Waals surface area contributed by atoms with Crippen LogP contribution in [0.5, 0.6) is 5.75 Å². The number of nitrogens with one attached hydrogen (secondary N) is 1. The van der Waals surface area contributed by atoms with Gasteiger partial charge in [-0.1, -0.05) is 18.1 Å². The maximum Gasteiger partial charge on any atom is 0.223 e. The van der Waals surface area contributed by atoms with Gasteiger partial charge in [0.05, 0.1) is 0 Å². The molecule has 2 aromatic rings. The second-order valence-corrected chi connectivity index (χ2v) is 4.88. The van der Waals surface area contributed by atoms with Crippen molar-refractivity contribution in [3.8, 4) is 5.75 Å². The molecule has 0 aliphatic rings. The number of rotatable bonds is 7. The molecule has 0 bridgehead atoms. The fourth-order valence-electron chi connectivity index (χ4n) is 1.97. The van der Waals surface area contributed by atoms with Crippen molar-refractivity contribution in [3.05, 3.63) is 41.3 Å². The first-order valence-electron chi connectivity index (χ1n) is 7.05. The Morgan fingerprint density at radius 1 is 1.43 bits per heavy atom. The van der Waals surface area contributed by atoms with E-state index < -0.39 is 0 Å². The van der Waals surface area contributed by atoms with Crippen LogP contribution < -0.4 is 10.1 Å². The number of benzene rings is 1. The van der Waals surface area contributed by atoms with E-state index in [1.807, 2.05) is 6.92 Å². The first kappa shape index (κ1) is 15.4. The molecule has 1 unspecified atom stereocenters. The van der Waals surface area contributed by atoms with Gasteiger partial charge in [-0.25, -0.2) is 4.39 Å². The number of nitrogens with zero attached hydrogens (tertiary/aromatic N) is 2. The molecule has 1 atom stereocenters. The Bertz CT molecular complexity index is 586. The Morgan fingerprint density at radius 2 is 2.24 bits per heavy atom. The highest BCUT2D eigenvalue weighted by Gasteiger charge is 2.11. The van der Waals surface area contributed by atoms with Gasteiger partial charge in [0.2, 0.25) is 11.7 Å². The Hall–Kier alpha value is -1.95. The van der Waals surface area contributed by atoms with E-state index in [1.165, 1.54) is 6.07 Å². The first-order chi connectivity index (χ1) is 10.1. The van der Waals surface area contributed by atoms with E-state index in [1.54, 1.807) is 19.1 Å². The normalized spacial score (nSPS) is 12.4. The molecule has 0 aliphatic carbocycles. The summed E-state index contributed by atoms with van der Waals surface area (Å²) >= 11 is 0. The molecule has 1 heterocycles. The fraction of sp³-hybridized carbons (Fsp3) is 0.467. The van der Waals surface area contributed by atoms with Gasteiger partial charge in [-0.05, 0) is 26.0 Å². The van der Waals surface area contributed by atoms with E-state index in [2.05, 4.69) is 22.4 Å². The Morgan fingerprint density at radius 3 is 2.86 bits per heavy atom. The van der Waals surface area contributed by atoms with Crippen molar-refractivity contribution in [2.45, 2.75) is 39.8 Å². The number of hydrogen-bond acceptors (Lipinski definition) is 5. The van der Waals surface area contributed by atoms with Crippen LogP contribution in [0.15, 0.2) is 22.7 Å². The van der Waals surface area contributed by atoms with Crippen molar-refractivity contribution >= 4 is 0 Å². The lowest BCUT2D eigenvalue weighted by molar-refractivity contribution is 0.284. The minimum Gasteiger partial charge on any atom is -0.485 e. The van der Waals surface area contributed by atoms with Crippen LogP contribution in [0.4, 0.5) is 4.39 Å². The maximum atomic E-state index is 14.1. The van der Waals surface area contributed by atoms with Gasteiger partial charge in [-0.2, -0.15) is 4.98 Å². The number of aryl methyl sites for hydroxylation is 1. The van der Waals surface area contributed by atoms with Gasteiger partial charge in [0.1, 0.15) is 11.6 Å². The second-order valence-electron chi connectivity index (χ2n) is 4.88. The average molecular weight is 293 g/mol. The van der Waals surface area contributed by atoms with E-state index in [-0.39, 0.29) is 18.5 Å². The fourth-order valence-corrected chi connectivity index (χ4v) is 1.97. The smallest absolute Gasteiger partial charge is 0.223 e. The molecule has 0 saturated heterocycles. The molecule has 0 amide bonds. The zero-order valence-electron chi connectivity index (χ0n) is 12.5. The number of halogens is 1. The molecule has 21 heavy (non-hydrogen) atoms. The van der Waals surface area contributed by atoms with Gasteiger partial charge in [0.15, 0.2) is 6.61 Å². The van der Waals surface area contributed by atoms with Crippen LogP contribution in [0.3, 0.4) is 0 Å². The number of aromatic nitrogens is 2. The molecule has 0 saturated carbocycles. The summed E-state index contributed by atoms with van der Waals surface area (Å²) in [4.78, 5) is 4.02. The van der Waals surface area contributed by atoms with Crippen LogP contribution in [-0.4, -0.2) is 16.7 Å². The quantitative estimate of drug-likeness (QED) is 0.849. The van der Waals surface area contributed by atoms with E-state index >= 15 is 0 Å². The molecule has 0 aliphatic heterocycles. The SMILES string of the molecule is CCCNC(C)c1ccc(OCc2noc(C)n2)cc1F. The third-order valence-corrected chi connectivity index (χ3v) is 3.08. The minimum atomic E-state index is -0.284. The van der Waals surface area contributed by atoms with E-state index in [4.69, 9.17) is 9.26 Å². The Kier molecular flexibility index (Phi) is 5.27. The molecule has 0 spiro atoms. The van der Waals surface area contributed by atoms with Gasteiger partial charge in [0.25, 0.3) is 0 Å². The topological polar surface area (TPSA) is 60.2 Å². The summed E-state index contributed by atoms with van der Waals surface area (Å²) in [6.07, 6.45) is 1.01. The molecule has 114 valence electrons. The molecule has 2 rings (SSSR count). The largest absolute Gasteiger partial charge is 0.485 e. The molecule has 6 heteroatoms. The number of hydrogen-bond donors (Lipinski definition) is 1. The van der Waals surface area contributed by atoms with Crippen molar-refractivity contribution in [2.75, 3.05) is 6.54 Å². The molecule has 5 nitrogen and oxygen atoms in total. The van der Waals surface area contributed by atoms with Gasteiger partial charge in [0, 0.05) is 24.6 Å². The Balaban J connectivity index is 1.98. The summed E-state index contributed by atoms with van der Waals surface area (Å²) in [6.45, 7) is 6.73. The maximum absolute atomic E-state index is 14.1. The van der Waals surface area contributed by atoms with Gasteiger partial charge in [-0.15, -0.1) is 0 Å². The highest BCUT2D eigenvalue weighted by molar-refractivity contribution is 5.30. The monoisotopic (exact) mass is 293 g/mol. The van der Waals surface area contributed by atoms with Gasteiger partial charge >= 0.3 is 0 Å². The molecule has 0 radical (unpaired) electrons. The highest BCUT2D eigenvalue weighted by Crippen LogP contribution is 2.22. The van der Waals surface area contributed by atoms with Crippen LogP contribution in [0.1, 0.15) is 43.6 Å². The summed E-state index contributed by atoms with van der Waals surface area (Å²) in [5, 5.41) is 6.97. The van der Waals surface area contributed by atoms with Crippen LogP contribution in [0, 0.1) is 12.7 Å². The molecule has 1 aromatic carbocycles. The summed E-state index contributed by atoms with van der Waals surface area (Å²) in [5.41, 5.74) is 0.631. The zero-order valence-corrected chi connectivity index (χ0v) is 12.5. The van der Waals surface area contributed by atoms with Crippen LogP contribution in [0.2, 0.25) is 0 Å². The third kappa shape index (κ3) is 4.26. The minimum absolute atomic E-state index is 0.0288. The predicted molar refractivity (Wildman–Crippen MR) is 76.5 cm³/mol. The highest BCUT2D eigenvalue weighted by atomic mass is 19.1. The number of ether oxygens (including phenoxy) is 1. The second kappa shape index (κ2) is 7.17. The van der Waals surface area contributed by atoms with Crippen molar-refractivity contribution in [3.63, 3.8) is 0 Å². The van der Waals surface area contributed by atoms with Crippen LogP contribution in [0.25, 0.3) is 0 Å². The standard InChI is InChI=1S/C15H20FN3O2/c1-4-7-17-10(2)13-6-5-12(8-14(13)16)20-9-15-18-11(3)21-19-15/h5-6,8,10,17H,4,7,9H2,1-3H3. The van der Waals surface area contributed by atoms with E-state index in [0.717, 1.165) is 13.0 Å². The van der Waals surface area contributed by atoms with Crippen LogP contribution in [-0.2, 0) is 6.61 Å². The zero-order chi connectivity index (χ0) is 15.2. The summed E-state index contributed by atoms with van der Waals surface area (Å²) in [5.74, 6) is 1.08. The first-order valence-corrected chi connectivity index (χ1v) is 7.05. The lowest BCUT2D eigenvalue weighted by Crippen LogP contribution is -2.20. The van der Waals surface area contributed by atoms with Gasteiger partial charge < -0.3 is 14.6 Å². The summed E-state index contributed by atoms with van der Waals surface area (Å²) < 4.78 is 24.4. The van der Waals surface area contributed by atoms with Crippen molar-refractivity contribution in [1.29, 1.82) is 0 Å². The van der Waals surface area contributed by atoms with Crippen molar-refractivity contribution in [1.82, 2.24) is 15.5 Å². The Labute approximate surface area is 123 Å². The molecular weight excluding hydrogens is 273 g/mol. The van der Waals surface area contributed by atoms with E-state index in [9.17, 15) is 4.39 Å². The van der Waals surface area contributed by atoms with Crippen molar-refractivity contribution in [2.24, 2.45) is 0 Å². The predicted octanol–water partition coefficient (Wildman–Crippen LogP) is 3.16. The summed E-state index contributed by atoms with van der Waals surface area (Å²) in [7, 11) is 0. The van der Waals surface area contributed by atoms with Crippen LogP contribution >= 0.6 is 0 Å². The summed E-state index contributed by atoms with van der Waals surface area (Å²) in [6, 6.07) is 4.83. The third-order valence-electron chi connectivity index (χ3n) is 3.08. The molecule has 1 N–H and O–H groups in total.